The van der Waals surface area contributed by atoms with E-state index in [-0.39, 0.29) is 5.54 Å². The summed E-state index contributed by atoms with van der Waals surface area (Å²) in [6.45, 7) is 5.03. The molecule has 0 saturated carbocycles. The van der Waals surface area contributed by atoms with Crippen LogP contribution in [-0.4, -0.2) is 26.7 Å². The van der Waals surface area contributed by atoms with E-state index in [0.717, 1.165) is 26.1 Å². The third-order valence-electron chi connectivity index (χ3n) is 3.88. The summed E-state index contributed by atoms with van der Waals surface area (Å²) in [5.74, 6) is 0. The highest BCUT2D eigenvalue weighted by Crippen LogP contribution is 2.41. The predicted molar refractivity (Wildman–Crippen MR) is 66.9 cm³/mol. The fourth-order valence-corrected chi connectivity index (χ4v) is 3.25. The largest absolute Gasteiger partial charge is 0.372 e. The summed E-state index contributed by atoms with van der Waals surface area (Å²) >= 11 is 0. The highest BCUT2D eigenvalue weighted by molar-refractivity contribution is 5.69. The van der Waals surface area contributed by atoms with Gasteiger partial charge in [0.05, 0.1) is 5.54 Å². The Hall–Kier alpha value is -1.06. The van der Waals surface area contributed by atoms with Gasteiger partial charge in [-0.05, 0) is 31.0 Å². The highest BCUT2D eigenvalue weighted by atomic mass is 15.2. The van der Waals surface area contributed by atoms with Gasteiger partial charge in [-0.25, -0.2) is 0 Å². The minimum Gasteiger partial charge on any atom is -0.372 e. The van der Waals surface area contributed by atoms with Gasteiger partial charge in [0.15, 0.2) is 0 Å². The summed E-state index contributed by atoms with van der Waals surface area (Å²) < 4.78 is 0. The van der Waals surface area contributed by atoms with Crippen LogP contribution in [0.15, 0.2) is 12.1 Å². The van der Waals surface area contributed by atoms with Crippen molar-refractivity contribution in [1.29, 1.82) is 0 Å². The van der Waals surface area contributed by atoms with E-state index in [0.29, 0.717) is 0 Å². The van der Waals surface area contributed by atoms with Gasteiger partial charge in [-0.1, -0.05) is 12.1 Å². The number of benzene rings is 1. The number of nitrogens with one attached hydrogen (secondary N) is 1. The Morgan fingerprint density at radius 1 is 1.44 bits per heavy atom. The first-order chi connectivity index (χ1) is 7.62. The minimum absolute atomic E-state index is 0.193. The molecule has 2 aliphatic heterocycles. The summed E-state index contributed by atoms with van der Waals surface area (Å²) in [5.41, 5.74) is 11.9. The molecule has 86 valence electrons. The Balaban J connectivity index is 2.28. The standard InChI is InChI=1S/C13H19N3/c1-9-3-4-10-5-6-15-7-13(14)8-16(2)12(9)11(10)13/h3-4,15H,5-8,14H2,1-2H3/t13-/m1/s1. The lowest BCUT2D eigenvalue weighted by atomic mass is 9.88. The van der Waals surface area contributed by atoms with Crippen molar-refractivity contribution in [3.05, 3.63) is 28.8 Å². The molecule has 2 heterocycles. The third-order valence-corrected chi connectivity index (χ3v) is 3.88. The summed E-state index contributed by atoms with van der Waals surface area (Å²) in [6.07, 6.45) is 1.09. The van der Waals surface area contributed by atoms with Gasteiger partial charge in [-0.2, -0.15) is 0 Å². The summed E-state index contributed by atoms with van der Waals surface area (Å²) in [5, 5.41) is 3.46. The third kappa shape index (κ3) is 1.22. The van der Waals surface area contributed by atoms with Crippen LogP contribution in [0.2, 0.25) is 0 Å². The lowest BCUT2D eigenvalue weighted by Crippen LogP contribution is -2.48. The topological polar surface area (TPSA) is 41.3 Å². The summed E-state index contributed by atoms with van der Waals surface area (Å²) in [4.78, 5) is 2.31. The molecule has 2 aliphatic rings. The molecule has 1 aromatic carbocycles. The molecule has 3 rings (SSSR count). The van der Waals surface area contributed by atoms with Gasteiger partial charge in [0.2, 0.25) is 0 Å². The van der Waals surface area contributed by atoms with E-state index in [1.165, 1.54) is 22.4 Å². The van der Waals surface area contributed by atoms with Crippen LogP contribution in [0.3, 0.4) is 0 Å². The molecule has 0 spiro atoms. The lowest BCUT2D eigenvalue weighted by molar-refractivity contribution is 0.448. The molecule has 0 amide bonds. The molecule has 0 aliphatic carbocycles. The molecule has 0 radical (unpaired) electrons. The van der Waals surface area contributed by atoms with Crippen LogP contribution in [0.4, 0.5) is 5.69 Å². The second-order valence-corrected chi connectivity index (χ2v) is 5.20. The number of rotatable bonds is 0. The number of anilines is 1. The van der Waals surface area contributed by atoms with E-state index in [2.05, 4.69) is 36.3 Å². The van der Waals surface area contributed by atoms with Crippen LogP contribution < -0.4 is 16.0 Å². The average molecular weight is 217 g/mol. The molecule has 0 bridgehead atoms. The molecule has 3 heteroatoms. The first-order valence-electron chi connectivity index (χ1n) is 5.95. The molecular weight excluding hydrogens is 198 g/mol. The first kappa shape index (κ1) is 10.1. The van der Waals surface area contributed by atoms with Crippen molar-refractivity contribution < 1.29 is 0 Å². The molecular formula is C13H19N3. The number of aryl methyl sites for hydroxylation is 1. The highest BCUT2D eigenvalue weighted by Gasteiger charge is 2.41. The Morgan fingerprint density at radius 3 is 3.06 bits per heavy atom. The summed E-state index contributed by atoms with van der Waals surface area (Å²) in [7, 11) is 2.14. The van der Waals surface area contributed by atoms with E-state index >= 15 is 0 Å². The maximum Gasteiger partial charge on any atom is 0.0736 e. The lowest BCUT2D eigenvalue weighted by Gasteiger charge is -2.24. The van der Waals surface area contributed by atoms with E-state index in [1.54, 1.807) is 0 Å². The Labute approximate surface area is 96.6 Å². The van der Waals surface area contributed by atoms with Crippen molar-refractivity contribution in [2.45, 2.75) is 18.9 Å². The molecule has 0 aromatic heterocycles. The molecule has 16 heavy (non-hydrogen) atoms. The average Bonchev–Trinajstić information content (AvgIpc) is 2.40. The maximum atomic E-state index is 6.58. The van der Waals surface area contributed by atoms with Gasteiger partial charge in [0, 0.05) is 31.4 Å². The quantitative estimate of drug-likeness (QED) is 0.673. The van der Waals surface area contributed by atoms with Crippen LogP contribution in [-0.2, 0) is 12.0 Å². The van der Waals surface area contributed by atoms with Gasteiger partial charge in [-0.3, -0.25) is 0 Å². The normalized spacial score (nSPS) is 27.8. The van der Waals surface area contributed by atoms with E-state index < -0.39 is 0 Å². The molecule has 1 atom stereocenters. The molecule has 3 nitrogen and oxygen atoms in total. The zero-order valence-electron chi connectivity index (χ0n) is 10.0. The van der Waals surface area contributed by atoms with Crippen molar-refractivity contribution in [3.8, 4) is 0 Å². The van der Waals surface area contributed by atoms with Crippen molar-refractivity contribution in [2.75, 3.05) is 31.6 Å². The Morgan fingerprint density at radius 2 is 2.25 bits per heavy atom. The van der Waals surface area contributed by atoms with Gasteiger partial charge >= 0.3 is 0 Å². The molecule has 3 N–H and O–H groups in total. The fourth-order valence-electron chi connectivity index (χ4n) is 3.25. The number of hydrogen-bond acceptors (Lipinski definition) is 3. The van der Waals surface area contributed by atoms with Crippen molar-refractivity contribution in [2.24, 2.45) is 5.73 Å². The van der Waals surface area contributed by atoms with Crippen LogP contribution in [0.25, 0.3) is 0 Å². The van der Waals surface area contributed by atoms with Crippen LogP contribution in [0.5, 0.6) is 0 Å². The summed E-state index contributed by atoms with van der Waals surface area (Å²) in [6, 6.07) is 4.48. The molecule has 0 saturated heterocycles. The number of nitrogens with zero attached hydrogens (tertiary/aromatic N) is 1. The van der Waals surface area contributed by atoms with Gasteiger partial charge in [-0.15, -0.1) is 0 Å². The van der Waals surface area contributed by atoms with Gasteiger partial charge in [0.25, 0.3) is 0 Å². The van der Waals surface area contributed by atoms with Gasteiger partial charge in [0.1, 0.15) is 0 Å². The van der Waals surface area contributed by atoms with E-state index in [4.69, 9.17) is 5.73 Å². The molecule has 0 fully saturated rings. The fraction of sp³-hybridized carbons (Fsp3) is 0.538. The Bertz CT molecular complexity index is 441. The maximum absolute atomic E-state index is 6.58. The smallest absolute Gasteiger partial charge is 0.0736 e. The van der Waals surface area contributed by atoms with Crippen molar-refractivity contribution in [1.82, 2.24) is 5.32 Å². The second-order valence-electron chi connectivity index (χ2n) is 5.20. The zero-order chi connectivity index (χ0) is 11.3. The monoisotopic (exact) mass is 217 g/mol. The second kappa shape index (κ2) is 3.22. The van der Waals surface area contributed by atoms with Crippen molar-refractivity contribution >= 4 is 5.69 Å². The molecule has 1 aromatic rings. The number of likely N-dealkylation sites (N-methyl/N-ethyl adjacent to an activating group) is 1. The van der Waals surface area contributed by atoms with Crippen LogP contribution >= 0.6 is 0 Å². The Kier molecular flexibility index (Phi) is 2.03. The van der Waals surface area contributed by atoms with Crippen molar-refractivity contribution in [3.63, 3.8) is 0 Å². The van der Waals surface area contributed by atoms with E-state index in [1.807, 2.05) is 0 Å². The first-order valence-corrected chi connectivity index (χ1v) is 5.95. The minimum atomic E-state index is -0.193. The van der Waals surface area contributed by atoms with Crippen LogP contribution in [0, 0.1) is 6.92 Å². The molecule has 0 unspecified atom stereocenters. The van der Waals surface area contributed by atoms with E-state index in [9.17, 15) is 0 Å². The predicted octanol–water partition coefficient (Wildman–Crippen LogP) is 0.745. The zero-order valence-corrected chi connectivity index (χ0v) is 10.0. The van der Waals surface area contributed by atoms with Crippen LogP contribution in [0.1, 0.15) is 16.7 Å². The number of hydrogen-bond donors (Lipinski definition) is 2. The number of nitrogens with two attached hydrogens (primary N) is 1. The van der Waals surface area contributed by atoms with Gasteiger partial charge < -0.3 is 16.0 Å². The SMILES string of the molecule is Cc1ccc2c3c1N(C)C[C@]3(N)CNCC2.